The summed E-state index contributed by atoms with van der Waals surface area (Å²) >= 11 is 4.24. The third-order valence-corrected chi connectivity index (χ3v) is 2.28. The highest BCUT2D eigenvalue weighted by atomic mass is 32.1. The molecular formula is C8H15NOS. The molecule has 1 fully saturated rings. The number of carbonyl (C=O) groups excluding carboxylic acids is 1. The Hall–Kier alpha value is -0.180. The first-order chi connectivity index (χ1) is 4.92. The van der Waals surface area contributed by atoms with Gasteiger partial charge in [0.25, 0.3) is 0 Å². The first kappa shape index (κ1) is 8.91. The Bertz CT molecular complexity index is 177. The Labute approximate surface area is 73.4 Å². The van der Waals surface area contributed by atoms with Crippen LogP contribution in [0.25, 0.3) is 0 Å². The number of likely N-dealkylation sites (tertiary alicyclic amines) is 1. The van der Waals surface area contributed by atoms with E-state index in [-0.39, 0.29) is 16.7 Å². The zero-order valence-corrected chi connectivity index (χ0v) is 8.19. The molecule has 2 nitrogen and oxygen atoms in total. The zero-order valence-electron chi connectivity index (χ0n) is 7.29. The molecule has 0 radical (unpaired) electrons. The van der Waals surface area contributed by atoms with E-state index in [1.165, 1.54) is 0 Å². The number of rotatable bonds is 1. The minimum atomic E-state index is 0.0595. The third kappa shape index (κ3) is 1.89. The molecular weight excluding hydrogens is 158 g/mol. The largest absolute Gasteiger partial charge is 0.331 e. The topological polar surface area (TPSA) is 20.3 Å². The van der Waals surface area contributed by atoms with Gasteiger partial charge in [0.2, 0.25) is 5.91 Å². The average Bonchev–Trinajstić information content (AvgIpc) is 2.05. The number of hydrogen-bond donors (Lipinski definition) is 1. The highest BCUT2D eigenvalue weighted by molar-refractivity contribution is 7.80. The molecule has 3 heteroatoms. The van der Waals surface area contributed by atoms with Crippen LogP contribution in [0.3, 0.4) is 0 Å². The van der Waals surface area contributed by atoms with Gasteiger partial charge in [-0.2, -0.15) is 12.6 Å². The summed E-state index contributed by atoms with van der Waals surface area (Å²) in [5.41, 5.74) is 0.147. The van der Waals surface area contributed by atoms with Crippen LogP contribution in [0.2, 0.25) is 0 Å². The quantitative estimate of drug-likeness (QED) is 0.596. The van der Waals surface area contributed by atoms with Crippen molar-refractivity contribution in [2.75, 3.05) is 6.54 Å². The van der Waals surface area contributed by atoms with Crippen LogP contribution in [0.15, 0.2) is 0 Å². The SMILES string of the molecule is CC(S)N1CC(C)(C)CC1=O. The summed E-state index contributed by atoms with van der Waals surface area (Å²) in [6, 6.07) is 0. The maximum atomic E-state index is 11.3. The van der Waals surface area contributed by atoms with Crippen LogP contribution in [0.1, 0.15) is 27.2 Å². The van der Waals surface area contributed by atoms with Crippen molar-refractivity contribution < 1.29 is 4.79 Å². The lowest BCUT2D eigenvalue weighted by Crippen LogP contribution is -2.31. The Morgan fingerprint density at radius 1 is 1.64 bits per heavy atom. The maximum absolute atomic E-state index is 11.3. The van der Waals surface area contributed by atoms with Crippen LogP contribution in [0, 0.1) is 5.41 Å². The molecule has 0 aliphatic carbocycles. The molecule has 1 unspecified atom stereocenters. The van der Waals surface area contributed by atoms with Crippen LogP contribution in [0.5, 0.6) is 0 Å². The van der Waals surface area contributed by atoms with Gasteiger partial charge in [0.05, 0.1) is 5.37 Å². The number of hydrogen-bond acceptors (Lipinski definition) is 2. The maximum Gasteiger partial charge on any atom is 0.224 e. The second-order valence-corrected chi connectivity index (χ2v) is 4.74. The molecule has 0 aromatic carbocycles. The number of nitrogens with zero attached hydrogens (tertiary/aromatic N) is 1. The minimum Gasteiger partial charge on any atom is -0.331 e. The molecule has 1 saturated heterocycles. The fourth-order valence-electron chi connectivity index (χ4n) is 1.46. The summed E-state index contributed by atoms with van der Waals surface area (Å²) in [4.78, 5) is 13.1. The fraction of sp³-hybridized carbons (Fsp3) is 0.875. The third-order valence-electron chi connectivity index (χ3n) is 2.00. The highest BCUT2D eigenvalue weighted by Gasteiger charge is 2.36. The van der Waals surface area contributed by atoms with E-state index in [0.717, 1.165) is 6.54 Å². The summed E-state index contributed by atoms with van der Waals surface area (Å²) in [6.45, 7) is 7.00. The van der Waals surface area contributed by atoms with Crippen molar-refractivity contribution >= 4 is 18.5 Å². The van der Waals surface area contributed by atoms with Gasteiger partial charge in [-0.3, -0.25) is 4.79 Å². The first-order valence-corrected chi connectivity index (χ1v) is 4.41. The molecule has 11 heavy (non-hydrogen) atoms. The average molecular weight is 173 g/mol. The Morgan fingerprint density at radius 3 is 2.36 bits per heavy atom. The molecule has 0 saturated carbocycles. The van der Waals surface area contributed by atoms with E-state index in [0.29, 0.717) is 6.42 Å². The lowest BCUT2D eigenvalue weighted by molar-refractivity contribution is -0.128. The smallest absolute Gasteiger partial charge is 0.224 e. The van der Waals surface area contributed by atoms with Gasteiger partial charge in [-0.25, -0.2) is 0 Å². The summed E-state index contributed by atoms with van der Waals surface area (Å²) in [7, 11) is 0. The van der Waals surface area contributed by atoms with Gasteiger partial charge >= 0.3 is 0 Å². The second kappa shape index (κ2) is 2.70. The van der Waals surface area contributed by atoms with Crippen LogP contribution in [-0.2, 0) is 4.79 Å². The van der Waals surface area contributed by atoms with Crippen molar-refractivity contribution in [3.8, 4) is 0 Å². The van der Waals surface area contributed by atoms with E-state index < -0.39 is 0 Å². The second-order valence-electron chi connectivity index (χ2n) is 3.99. The van der Waals surface area contributed by atoms with Crippen molar-refractivity contribution in [2.45, 2.75) is 32.6 Å². The summed E-state index contributed by atoms with van der Waals surface area (Å²) in [6.07, 6.45) is 0.665. The van der Waals surface area contributed by atoms with Gasteiger partial charge in [0, 0.05) is 13.0 Å². The van der Waals surface area contributed by atoms with E-state index in [2.05, 4.69) is 26.5 Å². The summed E-state index contributed by atoms with van der Waals surface area (Å²) < 4.78 is 0. The molecule has 1 atom stereocenters. The predicted octanol–water partition coefficient (Wildman–Crippen LogP) is 1.52. The van der Waals surface area contributed by atoms with Gasteiger partial charge in [-0.15, -0.1) is 0 Å². The van der Waals surface area contributed by atoms with Crippen LogP contribution >= 0.6 is 12.6 Å². The molecule has 64 valence electrons. The van der Waals surface area contributed by atoms with E-state index in [4.69, 9.17) is 0 Å². The zero-order chi connectivity index (χ0) is 8.65. The van der Waals surface area contributed by atoms with Gasteiger partial charge in [-0.05, 0) is 12.3 Å². The molecule has 0 aromatic rings. The van der Waals surface area contributed by atoms with E-state index >= 15 is 0 Å². The van der Waals surface area contributed by atoms with Crippen LogP contribution in [-0.4, -0.2) is 22.7 Å². The lowest BCUT2D eigenvalue weighted by atomic mass is 9.93. The Balaban J connectivity index is 2.67. The van der Waals surface area contributed by atoms with Crippen LogP contribution in [0.4, 0.5) is 0 Å². The molecule has 1 amide bonds. The summed E-state index contributed by atoms with van der Waals surface area (Å²) in [5, 5.41) is 0.0595. The van der Waals surface area contributed by atoms with Crippen molar-refractivity contribution in [1.29, 1.82) is 0 Å². The molecule has 1 rings (SSSR count). The molecule has 0 aromatic heterocycles. The molecule has 0 bridgehead atoms. The van der Waals surface area contributed by atoms with Crippen molar-refractivity contribution in [3.05, 3.63) is 0 Å². The van der Waals surface area contributed by atoms with E-state index in [9.17, 15) is 4.79 Å². The number of amides is 1. The van der Waals surface area contributed by atoms with E-state index in [1.807, 2.05) is 11.8 Å². The van der Waals surface area contributed by atoms with Gasteiger partial charge in [-0.1, -0.05) is 13.8 Å². The number of carbonyl (C=O) groups is 1. The van der Waals surface area contributed by atoms with Gasteiger partial charge in [0.15, 0.2) is 0 Å². The van der Waals surface area contributed by atoms with Crippen LogP contribution < -0.4 is 0 Å². The summed E-state index contributed by atoms with van der Waals surface area (Å²) in [5.74, 6) is 0.234. The number of thiol groups is 1. The predicted molar refractivity (Wildman–Crippen MR) is 48.6 cm³/mol. The van der Waals surface area contributed by atoms with Gasteiger partial charge < -0.3 is 4.90 Å². The normalized spacial score (nSPS) is 25.8. The Kier molecular flexibility index (Phi) is 2.19. The standard InChI is InChI=1S/C8H15NOS/c1-6(11)9-5-8(2,3)4-7(9)10/h6,11H,4-5H2,1-3H3. The van der Waals surface area contributed by atoms with Crippen molar-refractivity contribution in [2.24, 2.45) is 5.41 Å². The molecule has 0 spiro atoms. The Morgan fingerprint density at radius 2 is 2.18 bits per heavy atom. The molecule has 0 N–H and O–H groups in total. The van der Waals surface area contributed by atoms with Crippen molar-refractivity contribution in [1.82, 2.24) is 4.90 Å². The lowest BCUT2D eigenvalue weighted by Gasteiger charge is -2.22. The van der Waals surface area contributed by atoms with Crippen molar-refractivity contribution in [3.63, 3.8) is 0 Å². The molecule has 1 aliphatic heterocycles. The monoisotopic (exact) mass is 173 g/mol. The minimum absolute atomic E-state index is 0.0595. The molecule has 1 aliphatic rings. The highest BCUT2D eigenvalue weighted by Crippen LogP contribution is 2.31. The first-order valence-electron chi connectivity index (χ1n) is 3.90. The molecule has 1 heterocycles. The fourth-order valence-corrected chi connectivity index (χ4v) is 1.67. The van der Waals surface area contributed by atoms with E-state index in [1.54, 1.807) is 0 Å². The van der Waals surface area contributed by atoms with Gasteiger partial charge in [0.1, 0.15) is 0 Å².